The fraction of sp³-hybridized carbons (Fsp3) is 0.333. The number of nitrogen functional groups attached to an aromatic ring is 1. The number of aromatic nitrogens is 7. The summed E-state index contributed by atoms with van der Waals surface area (Å²) in [7, 11) is 0. The minimum absolute atomic E-state index is 0.0114. The van der Waals surface area contributed by atoms with E-state index in [4.69, 9.17) is 5.73 Å². The third-order valence-corrected chi connectivity index (χ3v) is 1.81. The van der Waals surface area contributed by atoms with E-state index in [1.807, 2.05) is 0 Å². The molecule has 84 valence electrons. The van der Waals surface area contributed by atoms with Crippen molar-refractivity contribution in [2.45, 2.75) is 13.0 Å². The van der Waals surface area contributed by atoms with Crippen molar-refractivity contribution in [3.05, 3.63) is 11.6 Å². The highest BCUT2D eigenvalue weighted by atomic mass is 16.2. The maximum Gasteiger partial charge on any atom is 0.289 e. The number of hydrogen-bond donors (Lipinski definition) is 4. The zero-order valence-electron chi connectivity index (χ0n) is 8.30. The van der Waals surface area contributed by atoms with Crippen LogP contribution in [0, 0.1) is 0 Å². The molecule has 2 rings (SSSR count). The van der Waals surface area contributed by atoms with Gasteiger partial charge in [0, 0.05) is 0 Å². The van der Waals surface area contributed by atoms with Gasteiger partial charge < -0.3 is 11.1 Å². The first-order valence-corrected chi connectivity index (χ1v) is 4.39. The van der Waals surface area contributed by atoms with Gasteiger partial charge in [-0.3, -0.25) is 9.89 Å². The minimum Gasteiger partial charge on any atom is -0.366 e. The number of rotatable bonds is 3. The second-order valence-corrected chi connectivity index (χ2v) is 3.01. The zero-order valence-corrected chi connectivity index (χ0v) is 8.30. The van der Waals surface area contributed by atoms with Gasteiger partial charge >= 0.3 is 0 Å². The minimum atomic E-state index is -0.443. The maximum absolute atomic E-state index is 11.6. The lowest BCUT2D eigenvalue weighted by Crippen LogP contribution is -2.28. The summed E-state index contributed by atoms with van der Waals surface area (Å²) >= 11 is 0. The highest BCUT2D eigenvalue weighted by Crippen LogP contribution is 2.04. The van der Waals surface area contributed by atoms with Gasteiger partial charge in [-0.25, -0.2) is 0 Å². The zero-order chi connectivity index (χ0) is 11.5. The molecule has 0 aliphatic rings. The van der Waals surface area contributed by atoms with Crippen molar-refractivity contribution in [3.63, 3.8) is 0 Å². The van der Waals surface area contributed by atoms with Gasteiger partial charge in [0.15, 0.2) is 5.82 Å². The Morgan fingerprint density at radius 1 is 1.50 bits per heavy atom. The Hall–Kier alpha value is -2.52. The van der Waals surface area contributed by atoms with Crippen molar-refractivity contribution in [2.24, 2.45) is 0 Å². The topological polar surface area (TPSA) is 151 Å². The Kier molecular flexibility index (Phi) is 2.45. The number of H-pyrrole nitrogens is 2. The van der Waals surface area contributed by atoms with Crippen molar-refractivity contribution in [2.75, 3.05) is 5.73 Å². The molecule has 1 amide bonds. The Bertz CT molecular complexity index is 474. The summed E-state index contributed by atoms with van der Waals surface area (Å²) in [5.41, 5.74) is 5.27. The molecule has 0 bridgehead atoms. The molecule has 0 aliphatic heterocycles. The average molecular weight is 223 g/mol. The largest absolute Gasteiger partial charge is 0.366 e. The monoisotopic (exact) mass is 223 g/mol. The highest BCUT2D eigenvalue weighted by Gasteiger charge is 2.17. The van der Waals surface area contributed by atoms with Gasteiger partial charge in [-0.2, -0.15) is 10.2 Å². The summed E-state index contributed by atoms with van der Waals surface area (Å²) in [4.78, 5) is 15.3. The van der Waals surface area contributed by atoms with Gasteiger partial charge in [-0.1, -0.05) is 5.21 Å². The van der Waals surface area contributed by atoms with E-state index in [-0.39, 0.29) is 11.8 Å². The van der Waals surface area contributed by atoms with E-state index in [1.54, 1.807) is 6.92 Å². The second kappa shape index (κ2) is 3.92. The summed E-state index contributed by atoms with van der Waals surface area (Å²) in [6.45, 7) is 1.71. The van der Waals surface area contributed by atoms with E-state index in [2.05, 4.69) is 41.1 Å². The molecule has 2 heterocycles. The fourth-order valence-electron chi connectivity index (χ4n) is 1.06. The number of carbonyl (C=O) groups is 1. The first-order chi connectivity index (χ1) is 7.66. The van der Waals surface area contributed by atoms with Crippen LogP contribution in [0.1, 0.15) is 29.4 Å². The van der Waals surface area contributed by atoms with Crippen LogP contribution in [0.15, 0.2) is 0 Å². The molecule has 0 saturated heterocycles. The average Bonchev–Trinajstić information content (AvgIpc) is 2.87. The second-order valence-electron chi connectivity index (χ2n) is 3.01. The molecule has 16 heavy (non-hydrogen) atoms. The fourth-order valence-corrected chi connectivity index (χ4v) is 1.06. The molecular formula is C6H9N9O. The van der Waals surface area contributed by atoms with Crippen LogP contribution in [-0.2, 0) is 0 Å². The molecule has 10 heteroatoms. The number of hydrogen-bond acceptors (Lipinski definition) is 7. The van der Waals surface area contributed by atoms with Crippen LogP contribution in [-0.4, -0.2) is 41.7 Å². The Morgan fingerprint density at radius 2 is 2.31 bits per heavy atom. The highest BCUT2D eigenvalue weighted by molar-refractivity contribution is 5.90. The van der Waals surface area contributed by atoms with E-state index in [0.717, 1.165) is 0 Å². The lowest BCUT2D eigenvalue weighted by Gasteiger charge is -2.07. The predicted octanol–water partition coefficient (Wildman–Crippen LogP) is -1.61. The Morgan fingerprint density at radius 3 is 2.88 bits per heavy atom. The van der Waals surface area contributed by atoms with Gasteiger partial charge in [0.05, 0.1) is 6.04 Å². The van der Waals surface area contributed by atoms with E-state index in [1.165, 1.54) is 0 Å². The van der Waals surface area contributed by atoms with Gasteiger partial charge in [-0.05, 0) is 6.92 Å². The van der Waals surface area contributed by atoms with E-state index >= 15 is 0 Å². The smallest absolute Gasteiger partial charge is 0.289 e. The van der Waals surface area contributed by atoms with E-state index < -0.39 is 11.9 Å². The molecule has 0 saturated carbocycles. The van der Waals surface area contributed by atoms with Crippen LogP contribution in [0.25, 0.3) is 0 Å². The summed E-state index contributed by atoms with van der Waals surface area (Å²) in [6, 6.07) is -0.391. The van der Waals surface area contributed by atoms with Crippen molar-refractivity contribution in [3.8, 4) is 0 Å². The predicted molar refractivity (Wildman–Crippen MR) is 50.9 cm³/mol. The van der Waals surface area contributed by atoms with Gasteiger partial charge in [0.25, 0.3) is 5.91 Å². The number of anilines is 1. The number of nitrogens with two attached hydrogens (primary N) is 1. The summed E-state index contributed by atoms with van der Waals surface area (Å²) in [5.74, 6) is -0.0208. The number of carbonyl (C=O) groups excluding carboxylic acids is 1. The number of amides is 1. The van der Waals surface area contributed by atoms with Crippen molar-refractivity contribution < 1.29 is 4.79 Å². The first kappa shape index (κ1) is 10.0. The van der Waals surface area contributed by atoms with Crippen LogP contribution in [0.2, 0.25) is 0 Å². The summed E-state index contributed by atoms with van der Waals surface area (Å²) < 4.78 is 0. The van der Waals surface area contributed by atoms with Crippen LogP contribution < -0.4 is 11.1 Å². The molecule has 1 unspecified atom stereocenters. The van der Waals surface area contributed by atoms with E-state index in [9.17, 15) is 4.79 Å². The number of nitrogens with one attached hydrogen (secondary N) is 3. The third-order valence-electron chi connectivity index (χ3n) is 1.81. The molecule has 10 nitrogen and oxygen atoms in total. The lowest BCUT2D eigenvalue weighted by atomic mass is 10.3. The standard InChI is InChI=1S/C6H9N9O/c1-2(3-11-14-15-12-3)8-5(16)4-9-6(7)13-10-4/h2H,1H3,(H,8,16)(H3,7,9,10,13)(H,11,12,14,15). The van der Waals surface area contributed by atoms with Crippen molar-refractivity contribution in [1.29, 1.82) is 0 Å². The number of nitrogens with zero attached hydrogens (tertiary/aromatic N) is 5. The van der Waals surface area contributed by atoms with Crippen LogP contribution in [0.5, 0.6) is 0 Å². The molecule has 1 atom stereocenters. The van der Waals surface area contributed by atoms with Crippen LogP contribution >= 0.6 is 0 Å². The molecule has 0 aromatic carbocycles. The normalized spacial score (nSPS) is 12.3. The lowest BCUT2D eigenvalue weighted by molar-refractivity contribution is 0.0928. The molecule has 0 spiro atoms. The molecule has 2 aromatic rings. The maximum atomic E-state index is 11.6. The van der Waals surface area contributed by atoms with Gasteiger partial charge in [0.2, 0.25) is 11.8 Å². The van der Waals surface area contributed by atoms with E-state index in [0.29, 0.717) is 5.82 Å². The molecule has 0 radical (unpaired) electrons. The van der Waals surface area contributed by atoms with Crippen molar-refractivity contribution in [1.82, 2.24) is 41.1 Å². The summed E-state index contributed by atoms with van der Waals surface area (Å²) in [6.07, 6.45) is 0. The van der Waals surface area contributed by atoms with Gasteiger partial charge in [-0.15, -0.1) is 15.3 Å². The van der Waals surface area contributed by atoms with Crippen LogP contribution in [0.4, 0.5) is 5.95 Å². The SMILES string of the molecule is CC(NC(=O)c1nc(N)n[nH]1)c1nn[nH]n1. The third kappa shape index (κ3) is 1.94. The number of aromatic amines is 2. The number of tetrazole rings is 1. The Balaban J connectivity index is 2.03. The molecule has 0 fully saturated rings. The van der Waals surface area contributed by atoms with Crippen LogP contribution in [0.3, 0.4) is 0 Å². The summed E-state index contributed by atoms with van der Waals surface area (Å²) in [5, 5.41) is 21.7. The van der Waals surface area contributed by atoms with Crippen molar-refractivity contribution >= 4 is 11.9 Å². The molecule has 2 aromatic heterocycles. The quantitative estimate of drug-likeness (QED) is 0.488. The molecule has 5 N–H and O–H groups in total. The van der Waals surface area contributed by atoms with Gasteiger partial charge in [0.1, 0.15) is 0 Å². The first-order valence-electron chi connectivity index (χ1n) is 4.39. The molecule has 0 aliphatic carbocycles. The Labute approximate surface area is 89.0 Å². The molecular weight excluding hydrogens is 214 g/mol.